The zero-order valence-corrected chi connectivity index (χ0v) is 17.3. The number of hydrogen-bond acceptors (Lipinski definition) is 4. The maximum atomic E-state index is 12.5. The topological polar surface area (TPSA) is 84.7 Å². The van der Waals surface area contributed by atoms with Crippen molar-refractivity contribution in [1.82, 2.24) is 5.32 Å². The molecule has 1 heterocycles. The number of anilines is 1. The molecule has 1 aliphatic heterocycles. The summed E-state index contributed by atoms with van der Waals surface area (Å²) < 4.78 is 4.68. The van der Waals surface area contributed by atoms with E-state index in [1.807, 2.05) is 24.3 Å². The molecule has 0 radical (unpaired) electrons. The van der Waals surface area contributed by atoms with Crippen LogP contribution >= 0.6 is 0 Å². The predicted molar refractivity (Wildman–Crippen MR) is 114 cm³/mol. The Morgan fingerprint density at radius 1 is 1.17 bits per heavy atom. The van der Waals surface area contributed by atoms with E-state index < -0.39 is 0 Å². The summed E-state index contributed by atoms with van der Waals surface area (Å²) in [7, 11) is 1.39. The molecule has 29 heavy (non-hydrogen) atoms. The molecule has 3 N–H and O–H groups in total. The fourth-order valence-electron chi connectivity index (χ4n) is 3.51. The predicted octanol–water partition coefficient (Wildman–Crippen LogP) is 3.30. The van der Waals surface area contributed by atoms with Crippen LogP contribution in [-0.4, -0.2) is 32.2 Å². The maximum absolute atomic E-state index is 12.5. The molecule has 1 fully saturated rings. The molecular weight excluding hydrogens is 366 g/mol. The fraction of sp³-hybridized carbons (Fsp3) is 0.391. The number of nitrogens with one attached hydrogen (secondary N) is 1. The summed E-state index contributed by atoms with van der Waals surface area (Å²) in [5, 5.41) is 2.94. The van der Waals surface area contributed by atoms with Crippen molar-refractivity contribution in [2.24, 2.45) is 5.73 Å². The van der Waals surface area contributed by atoms with E-state index in [0.29, 0.717) is 25.9 Å². The van der Waals surface area contributed by atoms with Gasteiger partial charge in [-0.2, -0.15) is 0 Å². The van der Waals surface area contributed by atoms with E-state index in [9.17, 15) is 9.59 Å². The Morgan fingerprint density at radius 2 is 1.83 bits per heavy atom. The minimum absolute atomic E-state index is 0.0709. The standard InChI is InChI=1S/C23H29N3O3/c1-23(2,15-24)18-9-7-17(8-10-18)20-14-25-22(28)26(20)19-11-4-16(5-12-19)6-13-21(27)29-3/h4-5,7-12,20H,6,13-15,24H2,1-3H3,(H,25,28). The molecule has 1 atom stereocenters. The van der Waals surface area contributed by atoms with Crippen LogP contribution in [0.4, 0.5) is 10.5 Å². The van der Waals surface area contributed by atoms with Gasteiger partial charge in [0.25, 0.3) is 0 Å². The monoisotopic (exact) mass is 395 g/mol. The summed E-state index contributed by atoms with van der Waals surface area (Å²) in [5.74, 6) is -0.227. The van der Waals surface area contributed by atoms with Gasteiger partial charge in [0.15, 0.2) is 0 Å². The average Bonchev–Trinajstić information content (AvgIpc) is 3.13. The molecule has 3 rings (SSSR count). The molecule has 1 saturated heterocycles. The van der Waals surface area contributed by atoms with Crippen LogP contribution in [-0.2, 0) is 21.4 Å². The molecule has 6 heteroatoms. The maximum Gasteiger partial charge on any atom is 0.322 e. The van der Waals surface area contributed by atoms with E-state index in [0.717, 1.165) is 16.8 Å². The molecule has 1 unspecified atom stereocenters. The van der Waals surface area contributed by atoms with Crippen LogP contribution < -0.4 is 16.0 Å². The number of nitrogens with zero attached hydrogens (tertiary/aromatic N) is 1. The number of nitrogens with two attached hydrogens (primary N) is 1. The van der Waals surface area contributed by atoms with E-state index in [1.165, 1.54) is 12.7 Å². The minimum atomic E-state index is -0.227. The SMILES string of the molecule is COC(=O)CCc1ccc(N2C(=O)NCC2c2ccc(C(C)(C)CN)cc2)cc1. The Bertz CT molecular complexity index is 860. The number of methoxy groups -OCH3 is 1. The lowest BCUT2D eigenvalue weighted by Crippen LogP contribution is -2.30. The Hall–Kier alpha value is -2.86. The van der Waals surface area contributed by atoms with Gasteiger partial charge < -0.3 is 15.8 Å². The van der Waals surface area contributed by atoms with Gasteiger partial charge in [-0.25, -0.2) is 4.79 Å². The second-order valence-electron chi connectivity index (χ2n) is 8.02. The summed E-state index contributed by atoms with van der Waals surface area (Å²) in [6.45, 7) is 5.38. The third kappa shape index (κ3) is 4.59. The zero-order chi connectivity index (χ0) is 21.0. The van der Waals surface area contributed by atoms with Gasteiger partial charge in [0, 0.05) is 30.6 Å². The second-order valence-corrected chi connectivity index (χ2v) is 8.02. The number of carbonyl (C=O) groups is 2. The molecule has 0 aromatic heterocycles. The van der Waals surface area contributed by atoms with Gasteiger partial charge in [0.05, 0.1) is 13.2 Å². The molecule has 1 aliphatic rings. The van der Waals surface area contributed by atoms with Crippen molar-refractivity contribution >= 4 is 17.7 Å². The highest BCUT2D eigenvalue weighted by Gasteiger charge is 2.33. The summed E-state index contributed by atoms with van der Waals surface area (Å²) in [6, 6.07) is 15.9. The van der Waals surface area contributed by atoms with E-state index in [4.69, 9.17) is 5.73 Å². The summed E-state index contributed by atoms with van der Waals surface area (Å²) >= 11 is 0. The van der Waals surface area contributed by atoms with Crippen molar-refractivity contribution in [1.29, 1.82) is 0 Å². The number of urea groups is 1. The van der Waals surface area contributed by atoms with Crippen LogP contribution in [0.15, 0.2) is 48.5 Å². The van der Waals surface area contributed by atoms with Gasteiger partial charge in [0.1, 0.15) is 0 Å². The number of carbonyl (C=O) groups excluding carboxylic acids is 2. The normalized spacial score (nSPS) is 16.6. The van der Waals surface area contributed by atoms with Gasteiger partial charge in [0.2, 0.25) is 0 Å². The van der Waals surface area contributed by atoms with E-state index in [-0.39, 0.29) is 23.5 Å². The fourth-order valence-corrected chi connectivity index (χ4v) is 3.51. The lowest BCUT2D eigenvalue weighted by molar-refractivity contribution is -0.140. The number of hydrogen-bond donors (Lipinski definition) is 2. The molecule has 0 aliphatic carbocycles. The first-order chi connectivity index (χ1) is 13.9. The largest absolute Gasteiger partial charge is 0.469 e. The molecule has 0 spiro atoms. The Balaban J connectivity index is 1.77. The number of amides is 2. The first-order valence-electron chi connectivity index (χ1n) is 9.89. The summed E-state index contributed by atoms with van der Waals surface area (Å²) in [4.78, 5) is 25.6. The number of rotatable bonds is 7. The van der Waals surface area contributed by atoms with Crippen molar-refractivity contribution in [3.8, 4) is 0 Å². The summed E-state index contributed by atoms with van der Waals surface area (Å²) in [6.07, 6.45) is 0.954. The van der Waals surface area contributed by atoms with Crippen LogP contribution in [0, 0.1) is 0 Å². The Morgan fingerprint density at radius 3 is 2.41 bits per heavy atom. The summed E-state index contributed by atoms with van der Waals surface area (Å²) in [5.41, 5.74) is 9.93. The van der Waals surface area contributed by atoms with E-state index in [1.54, 1.807) is 4.90 Å². The van der Waals surface area contributed by atoms with Crippen molar-refractivity contribution in [2.75, 3.05) is 25.1 Å². The Labute approximate surface area is 172 Å². The van der Waals surface area contributed by atoms with Gasteiger partial charge in [-0.05, 0) is 35.2 Å². The van der Waals surface area contributed by atoms with E-state index in [2.05, 4.69) is 48.2 Å². The highest BCUT2D eigenvalue weighted by molar-refractivity contribution is 5.95. The van der Waals surface area contributed by atoms with Crippen molar-refractivity contribution < 1.29 is 14.3 Å². The average molecular weight is 396 g/mol. The smallest absolute Gasteiger partial charge is 0.322 e. The molecular formula is C23H29N3O3. The number of benzene rings is 2. The second kappa shape index (κ2) is 8.66. The molecule has 2 aromatic carbocycles. The Kier molecular flexibility index (Phi) is 6.23. The number of ether oxygens (including phenoxy) is 1. The highest BCUT2D eigenvalue weighted by atomic mass is 16.5. The van der Waals surface area contributed by atoms with Crippen LogP contribution in [0.2, 0.25) is 0 Å². The van der Waals surface area contributed by atoms with Crippen LogP contribution in [0.5, 0.6) is 0 Å². The third-order valence-corrected chi connectivity index (χ3v) is 5.62. The highest BCUT2D eigenvalue weighted by Crippen LogP contribution is 2.32. The molecule has 2 amide bonds. The molecule has 0 saturated carbocycles. The number of esters is 1. The van der Waals surface area contributed by atoms with Crippen molar-refractivity contribution in [2.45, 2.75) is 38.1 Å². The van der Waals surface area contributed by atoms with Gasteiger partial charge in [-0.1, -0.05) is 50.2 Å². The quantitative estimate of drug-likeness (QED) is 0.705. The van der Waals surface area contributed by atoms with Crippen molar-refractivity contribution in [3.05, 3.63) is 65.2 Å². The minimum Gasteiger partial charge on any atom is -0.469 e. The number of aryl methyl sites for hydroxylation is 1. The van der Waals surface area contributed by atoms with Gasteiger partial charge in [-0.15, -0.1) is 0 Å². The van der Waals surface area contributed by atoms with Gasteiger partial charge in [-0.3, -0.25) is 9.69 Å². The lowest BCUT2D eigenvalue weighted by Gasteiger charge is -2.26. The first-order valence-corrected chi connectivity index (χ1v) is 9.89. The van der Waals surface area contributed by atoms with Crippen LogP contribution in [0.3, 0.4) is 0 Å². The third-order valence-electron chi connectivity index (χ3n) is 5.62. The van der Waals surface area contributed by atoms with E-state index >= 15 is 0 Å². The molecule has 154 valence electrons. The molecule has 0 bridgehead atoms. The first kappa shape index (κ1) is 20.9. The lowest BCUT2D eigenvalue weighted by atomic mass is 9.84. The molecule has 2 aromatic rings. The van der Waals surface area contributed by atoms with Crippen LogP contribution in [0.1, 0.15) is 43.0 Å². The zero-order valence-electron chi connectivity index (χ0n) is 17.3. The van der Waals surface area contributed by atoms with Crippen LogP contribution in [0.25, 0.3) is 0 Å². The molecule has 6 nitrogen and oxygen atoms in total. The van der Waals surface area contributed by atoms with Gasteiger partial charge >= 0.3 is 12.0 Å². The van der Waals surface area contributed by atoms with Crippen molar-refractivity contribution in [3.63, 3.8) is 0 Å².